The molecule has 1 nitrogen and oxygen atoms in total. The summed E-state index contributed by atoms with van der Waals surface area (Å²) < 4.78 is 83.5. The molecule has 1 aliphatic rings. The fourth-order valence-corrected chi connectivity index (χ4v) is 5.47. The second-order valence-electron chi connectivity index (χ2n) is 10.4. The average Bonchev–Trinajstić information content (AvgIpc) is 2.90. The van der Waals surface area contributed by atoms with E-state index >= 15 is 4.39 Å². The lowest BCUT2D eigenvalue weighted by Crippen LogP contribution is -2.19. The van der Waals surface area contributed by atoms with Gasteiger partial charge in [0.1, 0.15) is 5.82 Å². The number of rotatable bonds is 8. The standard InChI is InChI=1S/C32H32F6O/c1-2-3-4-5-6-7-21-8-11-23(12-9-21)25-16-17-27-26(20-25)15-14-24(30(27)35)13-10-22-18-28(33)31(29(34)19-22)39-32(36,37)38/h14-21,23H,2-9,11-12H2,1H3. The van der Waals surface area contributed by atoms with Gasteiger partial charge in [0.25, 0.3) is 0 Å². The van der Waals surface area contributed by atoms with Crippen molar-refractivity contribution in [2.24, 2.45) is 5.92 Å². The first-order valence-electron chi connectivity index (χ1n) is 13.6. The summed E-state index contributed by atoms with van der Waals surface area (Å²) in [6.45, 7) is 2.23. The third-order valence-electron chi connectivity index (χ3n) is 7.57. The zero-order valence-electron chi connectivity index (χ0n) is 21.9. The summed E-state index contributed by atoms with van der Waals surface area (Å²) in [5.41, 5.74) is 0.978. The summed E-state index contributed by atoms with van der Waals surface area (Å²) in [4.78, 5) is 0. The minimum absolute atomic E-state index is 0.0196. The van der Waals surface area contributed by atoms with Gasteiger partial charge in [0.15, 0.2) is 11.6 Å². The second kappa shape index (κ2) is 12.8. The topological polar surface area (TPSA) is 9.23 Å². The molecule has 0 amide bonds. The first-order chi connectivity index (χ1) is 18.6. The van der Waals surface area contributed by atoms with Crippen molar-refractivity contribution in [3.63, 3.8) is 0 Å². The summed E-state index contributed by atoms with van der Waals surface area (Å²) in [7, 11) is 0. The maximum Gasteiger partial charge on any atom is 0.573 e. The van der Waals surface area contributed by atoms with Crippen LogP contribution >= 0.6 is 0 Å². The van der Waals surface area contributed by atoms with Gasteiger partial charge in [0.2, 0.25) is 5.75 Å². The molecular weight excluding hydrogens is 514 g/mol. The molecule has 1 saturated carbocycles. The molecular formula is C32H32F6O. The van der Waals surface area contributed by atoms with Crippen molar-refractivity contribution in [2.75, 3.05) is 0 Å². The molecule has 1 aliphatic carbocycles. The minimum atomic E-state index is -5.24. The van der Waals surface area contributed by atoms with E-state index in [-0.39, 0.29) is 11.1 Å². The number of unbranched alkanes of at least 4 members (excludes halogenated alkanes) is 4. The Kier molecular flexibility index (Phi) is 9.48. The van der Waals surface area contributed by atoms with Crippen molar-refractivity contribution < 1.29 is 31.1 Å². The van der Waals surface area contributed by atoms with Gasteiger partial charge in [-0.3, -0.25) is 0 Å². The number of halogens is 6. The molecule has 0 bridgehead atoms. The monoisotopic (exact) mass is 546 g/mol. The number of fused-ring (bicyclic) bond motifs is 1. The molecule has 0 aliphatic heterocycles. The highest BCUT2D eigenvalue weighted by Gasteiger charge is 2.34. The molecule has 7 heteroatoms. The van der Waals surface area contributed by atoms with Crippen molar-refractivity contribution in [1.29, 1.82) is 0 Å². The van der Waals surface area contributed by atoms with Crippen LogP contribution in [0.15, 0.2) is 42.5 Å². The van der Waals surface area contributed by atoms with Crippen LogP contribution in [-0.4, -0.2) is 6.36 Å². The van der Waals surface area contributed by atoms with Gasteiger partial charge >= 0.3 is 6.36 Å². The predicted octanol–water partition coefficient (Wildman–Crippen LogP) is 10.2. The molecule has 1 fully saturated rings. The zero-order chi connectivity index (χ0) is 28.0. The lowest BCUT2D eigenvalue weighted by molar-refractivity contribution is -0.276. The van der Waals surface area contributed by atoms with Crippen molar-refractivity contribution in [3.8, 4) is 17.6 Å². The average molecular weight is 547 g/mol. The van der Waals surface area contributed by atoms with Gasteiger partial charge in [0, 0.05) is 10.9 Å². The lowest BCUT2D eigenvalue weighted by Gasteiger charge is -2.29. The van der Waals surface area contributed by atoms with E-state index in [1.54, 1.807) is 12.1 Å². The molecule has 0 spiro atoms. The Balaban J connectivity index is 1.43. The van der Waals surface area contributed by atoms with E-state index in [4.69, 9.17) is 0 Å². The van der Waals surface area contributed by atoms with Crippen LogP contribution in [0, 0.1) is 35.2 Å². The number of benzene rings is 3. The first kappa shape index (κ1) is 28.9. The van der Waals surface area contributed by atoms with Crippen molar-refractivity contribution >= 4 is 10.8 Å². The summed E-state index contributed by atoms with van der Waals surface area (Å²) in [6.07, 6.45) is 7.36. The molecule has 0 N–H and O–H groups in total. The van der Waals surface area contributed by atoms with Crippen molar-refractivity contribution in [2.45, 2.75) is 83.4 Å². The van der Waals surface area contributed by atoms with Crippen LogP contribution in [0.2, 0.25) is 0 Å². The zero-order valence-corrected chi connectivity index (χ0v) is 21.9. The van der Waals surface area contributed by atoms with Crippen LogP contribution in [0.4, 0.5) is 26.3 Å². The van der Waals surface area contributed by atoms with Gasteiger partial charge in [-0.15, -0.1) is 13.2 Å². The summed E-state index contributed by atoms with van der Waals surface area (Å²) in [5.74, 6) is 0.998. The Morgan fingerprint density at radius 1 is 0.821 bits per heavy atom. The Hall–Kier alpha value is -3.14. The van der Waals surface area contributed by atoms with Crippen LogP contribution in [0.5, 0.6) is 5.75 Å². The smallest absolute Gasteiger partial charge is 0.399 e. The largest absolute Gasteiger partial charge is 0.573 e. The van der Waals surface area contributed by atoms with E-state index in [0.29, 0.717) is 23.4 Å². The Morgan fingerprint density at radius 2 is 1.51 bits per heavy atom. The number of alkyl halides is 3. The van der Waals surface area contributed by atoms with Gasteiger partial charge in [-0.1, -0.05) is 81.6 Å². The molecule has 0 saturated heterocycles. The Bertz CT molecular complexity index is 1320. The molecule has 0 radical (unpaired) electrons. The molecule has 0 aromatic heterocycles. The minimum Gasteiger partial charge on any atom is -0.399 e. The van der Waals surface area contributed by atoms with Crippen molar-refractivity contribution in [3.05, 3.63) is 76.6 Å². The van der Waals surface area contributed by atoms with Crippen LogP contribution < -0.4 is 4.74 Å². The molecule has 0 heterocycles. The number of hydrogen-bond donors (Lipinski definition) is 0. The highest BCUT2D eigenvalue weighted by Crippen LogP contribution is 2.39. The third-order valence-corrected chi connectivity index (χ3v) is 7.57. The molecule has 4 rings (SSSR count). The summed E-state index contributed by atoms with van der Waals surface area (Å²) in [6, 6.07) is 10.2. The predicted molar refractivity (Wildman–Crippen MR) is 141 cm³/mol. The lowest BCUT2D eigenvalue weighted by atomic mass is 9.76. The van der Waals surface area contributed by atoms with Crippen LogP contribution in [0.25, 0.3) is 10.8 Å². The van der Waals surface area contributed by atoms with E-state index in [1.807, 2.05) is 12.1 Å². The number of ether oxygens (including phenoxy) is 1. The molecule has 0 atom stereocenters. The fraction of sp³-hybridized carbons (Fsp3) is 0.438. The molecule has 39 heavy (non-hydrogen) atoms. The van der Waals surface area contributed by atoms with Gasteiger partial charge in [0.05, 0.1) is 5.56 Å². The SMILES string of the molecule is CCCCCCCC1CCC(c2ccc3c(F)c(C#Cc4cc(F)c(OC(F)(F)F)c(F)c4)ccc3c2)CC1. The summed E-state index contributed by atoms with van der Waals surface area (Å²) >= 11 is 0. The molecule has 0 unspecified atom stereocenters. The quantitative estimate of drug-likeness (QED) is 0.155. The van der Waals surface area contributed by atoms with E-state index in [0.717, 1.165) is 24.1 Å². The summed E-state index contributed by atoms with van der Waals surface area (Å²) in [5, 5.41) is 1.14. The van der Waals surface area contributed by atoms with E-state index in [1.165, 1.54) is 63.0 Å². The van der Waals surface area contributed by atoms with Gasteiger partial charge in [-0.05, 0) is 66.7 Å². The normalized spacial score (nSPS) is 17.6. The maximum absolute atomic E-state index is 15.2. The van der Waals surface area contributed by atoms with E-state index in [9.17, 15) is 22.0 Å². The van der Waals surface area contributed by atoms with Crippen LogP contribution in [0.1, 0.15) is 93.7 Å². The van der Waals surface area contributed by atoms with Gasteiger partial charge < -0.3 is 4.74 Å². The van der Waals surface area contributed by atoms with Crippen LogP contribution in [0.3, 0.4) is 0 Å². The molecule has 3 aromatic rings. The Labute approximate surface area is 225 Å². The van der Waals surface area contributed by atoms with Gasteiger partial charge in [-0.2, -0.15) is 0 Å². The van der Waals surface area contributed by atoms with E-state index in [2.05, 4.69) is 23.5 Å². The van der Waals surface area contributed by atoms with Crippen molar-refractivity contribution in [1.82, 2.24) is 0 Å². The highest BCUT2D eigenvalue weighted by atomic mass is 19.4. The maximum atomic E-state index is 15.2. The first-order valence-corrected chi connectivity index (χ1v) is 13.6. The second-order valence-corrected chi connectivity index (χ2v) is 10.4. The van der Waals surface area contributed by atoms with Gasteiger partial charge in [-0.25, -0.2) is 13.2 Å². The highest BCUT2D eigenvalue weighted by molar-refractivity contribution is 5.85. The fourth-order valence-electron chi connectivity index (χ4n) is 5.47. The molecule has 208 valence electrons. The number of hydrogen-bond acceptors (Lipinski definition) is 1. The van der Waals surface area contributed by atoms with Crippen LogP contribution in [-0.2, 0) is 0 Å². The third kappa shape index (κ3) is 7.71. The molecule has 3 aromatic carbocycles. The Morgan fingerprint density at radius 3 is 2.18 bits per heavy atom. The van der Waals surface area contributed by atoms with E-state index < -0.39 is 29.6 Å².